The minimum Gasteiger partial charge on any atom is -0.480 e. The number of rotatable bonds is 36. The lowest BCUT2D eigenvalue weighted by Gasteiger charge is -2.28. The number of aliphatic hydroxyl groups is 2. The third-order valence-corrected chi connectivity index (χ3v) is 13.5. The van der Waals surface area contributed by atoms with Crippen LogP contribution in [0, 0.1) is 5.92 Å². The summed E-state index contributed by atoms with van der Waals surface area (Å²) in [5.41, 5.74) is 23.5. The average molecular weight is 1170 g/mol. The highest BCUT2D eigenvalue weighted by atomic mass is 16.4. The SMILES string of the molecule is CCC[C@H](NC(=O)[C@@H](NC(=O)[C@H](CCCN)NC(=O)CNC(=O)[C@@H](NC(=O)[C@@H](NC(=O)[C@H](Cc1cnc[nH]1)NC(=O)[C@H](Cc1cccc2ccccc12)NC(=O)[C@H](C)NC(=O)[C@@H](N)CCCN=C(N)N)[C@@H](C)O)[C@@H](C)O)C(C)CC)C(=O)O. The van der Waals surface area contributed by atoms with E-state index in [1.807, 2.05) is 24.3 Å². The van der Waals surface area contributed by atoms with Gasteiger partial charge in [-0.3, -0.25) is 48.1 Å². The Hall–Kier alpha value is -8.28. The number of imidazole rings is 1. The van der Waals surface area contributed by atoms with Gasteiger partial charge in [0, 0.05) is 31.3 Å². The van der Waals surface area contributed by atoms with Crippen LogP contribution in [-0.2, 0) is 60.8 Å². The molecule has 1 unspecified atom stereocenters. The van der Waals surface area contributed by atoms with Crippen molar-refractivity contribution in [2.45, 2.75) is 166 Å². The van der Waals surface area contributed by atoms with Crippen molar-refractivity contribution in [3.05, 3.63) is 66.2 Å². The summed E-state index contributed by atoms with van der Waals surface area (Å²) < 4.78 is 0. The van der Waals surface area contributed by atoms with Gasteiger partial charge in [0.15, 0.2) is 5.96 Å². The molecule has 3 rings (SSSR count). The zero-order chi connectivity index (χ0) is 61.9. The molecule has 1 heterocycles. The van der Waals surface area contributed by atoms with Gasteiger partial charge in [-0.2, -0.15) is 0 Å². The Morgan fingerprint density at radius 1 is 0.627 bits per heavy atom. The van der Waals surface area contributed by atoms with Crippen LogP contribution in [0.4, 0.5) is 0 Å². The van der Waals surface area contributed by atoms with Crippen LogP contribution in [0.5, 0.6) is 0 Å². The summed E-state index contributed by atoms with van der Waals surface area (Å²) in [6.07, 6.45) is 0.783. The van der Waals surface area contributed by atoms with E-state index in [9.17, 15) is 63.3 Å². The van der Waals surface area contributed by atoms with Crippen molar-refractivity contribution in [1.82, 2.24) is 57.8 Å². The number of aromatic amines is 1. The molecule has 0 saturated heterocycles. The molecule has 9 amide bonds. The number of carbonyl (C=O) groups is 10. The minimum atomic E-state index is -1.85. The molecule has 0 aliphatic heterocycles. The van der Waals surface area contributed by atoms with Crippen LogP contribution in [0.15, 0.2) is 60.0 Å². The highest BCUT2D eigenvalue weighted by Gasteiger charge is 2.37. The van der Waals surface area contributed by atoms with Gasteiger partial charge >= 0.3 is 5.97 Å². The number of fused-ring (bicyclic) bond motifs is 1. The van der Waals surface area contributed by atoms with E-state index in [1.165, 1.54) is 19.4 Å². The van der Waals surface area contributed by atoms with Crippen molar-refractivity contribution in [2.75, 3.05) is 19.6 Å². The Morgan fingerprint density at radius 3 is 1.82 bits per heavy atom. The van der Waals surface area contributed by atoms with Gasteiger partial charge in [0.05, 0.1) is 31.1 Å². The van der Waals surface area contributed by atoms with E-state index in [2.05, 4.69) is 62.8 Å². The predicted molar refractivity (Wildman–Crippen MR) is 306 cm³/mol. The smallest absolute Gasteiger partial charge is 0.326 e. The minimum absolute atomic E-state index is 0.000230. The third-order valence-electron chi connectivity index (χ3n) is 13.5. The lowest BCUT2D eigenvalue weighted by Crippen LogP contribution is -2.63. The Balaban J connectivity index is 1.81. The normalized spacial score (nSPS) is 15.5. The number of aliphatic hydroxyl groups excluding tert-OH is 2. The second kappa shape index (κ2) is 34.9. The summed E-state index contributed by atoms with van der Waals surface area (Å²) in [4.78, 5) is 146. The van der Waals surface area contributed by atoms with Crippen molar-refractivity contribution in [2.24, 2.45) is 33.8 Å². The van der Waals surface area contributed by atoms with Gasteiger partial charge in [0.25, 0.3) is 0 Å². The molecule has 3 aromatic rings. The van der Waals surface area contributed by atoms with Gasteiger partial charge in [-0.05, 0) is 81.7 Å². The summed E-state index contributed by atoms with van der Waals surface area (Å²) in [7, 11) is 0. The van der Waals surface area contributed by atoms with E-state index in [0.717, 1.165) is 24.6 Å². The first-order valence-electron chi connectivity index (χ1n) is 27.5. The number of nitrogens with two attached hydrogens (primary N) is 4. The molecular weight excluding hydrogens is 1080 g/mol. The number of nitrogens with one attached hydrogen (secondary N) is 10. The first-order chi connectivity index (χ1) is 39.3. The van der Waals surface area contributed by atoms with Crippen LogP contribution >= 0.6 is 0 Å². The Morgan fingerprint density at radius 2 is 1.20 bits per heavy atom. The summed E-state index contributed by atoms with van der Waals surface area (Å²) in [6.45, 7) is 8.43. The number of hydrogen-bond acceptors (Lipinski definition) is 16. The highest BCUT2D eigenvalue weighted by Crippen LogP contribution is 2.20. The van der Waals surface area contributed by atoms with Crippen LogP contribution in [0.3, 0.4) is 0 Å². The van der Waals surface area contributed by atoms with Gasteiger partial charge in [0.1, 0.15) is 48.3 Å². The molecule has 0 saturated carbocycles. The predicted octanol–water partition coefficient (Wildman–Crippen LogP) is -3.83. The molecule has 21 N–H and O–H groups in total. The summed E-state index contributed by atoms with van der Waals surface area (Å²) in [5, 5.41) is 55.2. The molecule has 29 nitrogen and oxygen atoms in total. The van der Waals surface area contributed by atoms with Gasteiger partial charge in [-0.15, -0.1) is 0 Å². The molecule has 0 bridgehead atoms. The van der Waals surface area contributed by atoms with Crippen molar-refractivity contribution in [3.63, 3.8) is 0 Å². The summed E-state index contributed by atoms with van der Waals surface area (Å²) >= 11 is 0. The Labute approximate surface area is 481 Å². The lowest BCUT2D eigenvalue weighted by molar-refractivity contribution is -0.143. The quantitative estimate of drug-likeness (QED) is 0.0151. The number of aliphatic imine (C=N–C) groups is 1. The number of benzene rings is 2. The molecule has 29 heteroatoms. The topological polar surface area (TPSA) is 485 Å². The zero-order valence-electron chi connectivity index (χ0n) is 47.7. The van der Waals surface area contributed by atoms with Crippen LogP contribution in [0.25, 0.3) is 10.8 Å². The van der Waals surface area contributed by atoms with E-state index in [1.54, 1.807) is 39.0 Å². The van der Waals surface area contributed by atoms with Crippen LogP contribution in [0.2, 0.25) is 0 Å². The molecule has 0 fully saturated rings. The number of carbonyl (C=O) groups excluding carboxylic acids is 9. The van der Waals surface area contributed by atoms with Crippen molar-refractivity contribution < 1.29 is 63.3 Å². The van der Waals surface area contributed by atoms with E-state index in [0.29, 0.717) is 30.5 Å². The molecule has 0 aliphatic rings. The molecule has 0 radical (unpaired) electrons. The van der Waals surface area contributed by atoms with Crippen molar-refractivity contribution >= 4 is 75.9 Å². The Bertz CT molecular complexity index is 2680. The summed E-state index contributed by atoms with van der Waals surface area (Å²) in [5.74, 6) is -9.89. The van der Waals surface area contributed by atoms with E-state index < -0.39 is 138 Å². The number of aromatic nitrogens is 2. The molecule has 83 heavy (non-hydrogen) atoms. The number of amides is 9. The maximum Gasteiger partial charge on any atom is 0.326 e. The fraction of sp³-hybridized carbons (Fsp3) is 0.556. The molecule has 2 aromatic carbocycles. The monoisotopic (exact) mass is 1160 g/mol. The Kier molecular flexibility index (Phi) is 29.0. The van der Waals surface area contributed by atoms with Crippen LogP contribution in [-0.4, -0.2) is 177 Å². The number of guanidine groups is 1. The van der Waals surface area contributed by atoms with E-state index >= 15 is 0 Å². The molecule has 12 atom stereocenters. The molecule has 458 valence electrons. The third kappa shape index (κ3) is 22.9. The van der Waals surface area contributed by atoms with E-state index in [-0.39, 0.29) is 57.6 Å². The van der Waals surface area contributed by atoms with Gasteiger partial charge < -0.3 is 91.1 Å². The van der Waals surface area contributed by atoms with Gasteiger partial charge in [-0.25, -0.2) is 9.78 Å². The molecule has 0 aliphatic carbocycles. The maximum absolute atomic E-state index is 14.5. The van der Waals surface area contributed by atoms with Gasteiger partial charge in [-0.1, -0.05) is 76.1 Å². The molecular formula is C54H84N16O13. The largest absolute Gasteiger partial charge is 0.480 e. The molecule has 0 spiro atoms. The first-order valence-corrected chi connectivity index (χ1v) is 27.5. The second-order valence-electron chi connectivity index (χ2n) is 20.3. The zero-order valence-corrected chi connectivity index (χ0v) is 47.7. The van der Waals surface area contributed by atoms with Crippen LogP contribution in [0.1, 0.15) is 97.7 Å². The lowest BCUT2D eigenvalue weighted by atomic mass is 9.97. The molecule has 1 aromatic heterocycles. The van der Waals surface area contributed by atoms with Crippen molar-refractivity contribution in [3.8, 4) is 0 Å². The fourth-order valence-electron chi connectivity index (χ4n) is 8.51. The first kappa shape index (κ1) is 69.0. The number of H-pyrrole nitrogens is 1. The number of carboxylic acids is 1. The maximum atomic E-state index is 14.5. The standard InChI is InChI=1S/C54H84N16O13/c1-7-14-38(53(82)83)65-51(80)42(28(3)8-2)68-47(76)37(20-12-21-55)64-41(73)26-61-50(79)43(30(5)71)70-52(81)44(31(6)72)69-49(78)40(24-34-25-59-27-62-34)67-48(77)39(23-33-17-11-16-32-15-9-10-18-35(32)33)66-45(74)29(4)63-46(75)36(56)19-13-22-60-54(57)58/h9-11,15-18,25,27-31,36-40,42-44,71-72H,7-8,12-14,19-24,26,55-56H2,1-6H3,(H,59,62)(H,61,79)(H,63,75)(H,64,73)(H,65,80)(H,66,74)(H,67,77)(H,68,76)(H,69,78)(H,70,81)(H,82,83)(H4,57,58,60)/t28?,29-,30+,31+,36-,37-,38-,39-,40-,42-,43-,44-/m0/s1. The fourth-order valence-corrected chi connectivity index (χ4v) is 8.51. The van der Waals surface area contributed by atoms with Gasteiger partial charge in [0.2, 0.25) is 53.2 Å². The number of hydrogen-bond donors (Lipinski definition) is 17. The number of nitrogens with zero attached hydrogens (tertiary/aromatic N) is 2. The van der Waals surface area contributed by atoms with Crippen LogP contribution < -0.4 is 70.8 Å². The number of carboxylic acid groups (broad SMARTS) is 1. The summed E-state index contributed by atoms with van der Waals surface area (Å²) in [6, 6.07) is 0.179. The van der Waals surface area contributed by atoms with E-state index in [4.69, 9.17) is 22.9 Å². The number of aliphatic carboxylic acids is 1. The average Bonchev–Trinajstić information content (AvgIpc) is 4.12. The second-order valence-corrected chi connectivity index (χ2v) is 20.3. The highest BCUT2D eigenvalue weighted by molar-refractivity contribution is 5.99. The van der Waals surface area contributed by atoms with Crippen molar-refractivity contribution in [1.29, 1.82) is 0 Å².